The van der Waals surface area contributed by atoms with Crippen LogP contribution >= 0.6 is 0 Å². The third-order valence-corrected chi connectivity index (χ3v) is 4.37. The van der Waals surface area contributed by atoms with Crippen molar-refractivity contribution in [1.29, 1.82) is 0 Å². The van der Waals surface area contributed by atoms with E-state index in [0.29, 0.717) is 5.41 Å². The number of methoxy groups -OCH3 is 1. The molecule has 1 fully saturated rings. The molecule has 0 unspecified atom stereocenters. The van der Waals surface area contributed by atoms with Crippen molar-refractivity contribution in [2.45, 2.75) is 32.1 Å². The van der Waals surface area contributed by atoms with Gasteiger partial charge in [0.05, 0.1) is 6.61 Å². The highest BCUT2D eigenvalue weighted by atomic mass is 16.5. The lowest BCUT2D eigenvalue weighted by Gasteiger charge is -2.36. The van der Waals surface area contributed by atoms with Gasteiger partial charge in [-0.1, -0.05) is 18.9 Å². The van der Waals surface area contributed by atoms with Gasteiger partial charge in [-0.25, -0.2) is 0 Å². The van der Waals surface area contributed by atoms with E-state index < -0.39 is 0 Å². The fourth-order valence-corrected chi connectivity index (χ4v) is 3.24. The number of hydrogen-bond donors (Lipinski definition) is 1. The van der Waals surface area contributed by atoms with Crippen LogP contribution in [0.5, 0.6) is 0 Å². The van der Waals surface area contributed by atoms with Gasteiger partial charge in [0, 0.05) is 26.7 Å². The molecule has 0 spiro atoms. The number of rotatable bonds is 5. The monoisotopic (exact) mass is 238 g/mol. The first-order valence-corrected chi connectivity index (χ1v) is 6.87. The van der Waals surface area contributed by atoms with Crippen LogP contribution in [0.15, 0.2) is 11.6 Å². The molecule has 98 valence electrons. The summed E-state index contributed by atoms with van der Waals surface area (Å²) >= 11 is 0. The molecule has 2 rings (SSSR count). The Kier molecular flexibility index (Phi) is 4.60. The predicted octanol–water partition coefficient (Wildman–Crippen LogP) is 1.78. The Bertz CT molecular complexity index is 269. The van der Waals surface area contributed by atoms with Crippen LogP contribution in [0.4, 0.5) is 0 Å². The second-order valence-corrected chi connectivity index (χ2v) is 5.69. The normalized spacial score (nSPS) is 24.9. The molecule has 1 saturated carbocycles. The van der Waals surface area contributed by atoms with Crippen LogP contribution in [0.1, 0.15) is 32.1 Å². The van der Waals surface area contributed by atoms with Gasteiger partial charge in [0.25, 0.3) is 0 Å². The molecule has 1 aliphatic heterocycles. The van der Waals surface area contributed by atoms with Gasteiger partial charge < -0.3 is 10.5 Å². The fourth-order valence-electron chi connectivity index (χ4n) is 3.24. The molecule has 0 radical (unpaired) electrons. The quantitative estimate of drug-likeness (QED) is 0.742. The zero-order valence-corrected chi connectivity index (χ0v) is 11.1. The molecule has 2 aliphatic rings. The first-order valence-electron chi connectivity index (χ1n) is 6.87. The molecule has 3 heteroatoms. The predicted molar refractivity (Wildman–Crippen MR) is 71.0 cm³/mol. The minimum atomic E-state index is 0.423. The Labute approximate surface area is 105 Å². The van der Waals surface area contributed by atoms with Gasteiger partial charge in [0.1, 0.15) is 0 Å². The summed E-state index contributed by atoms with van der Waals surface area (Å²) in [5.41, 5.74) is 7.88. The second-order valence-electron chi connectivity index (χ2n) is 5.69. The Morgan fingerprint density at radius 3 is 2.71 bits per heavy atom. The molecule has 0 amide bonds. The maximum Gasteiger partial charge on any atom is 0.0673 e. The minimum absolute atomic E-state index is 0.423. The van der Waals surface area contributed by atoms with E-state index in [4.69, 9.17) is 10.5 Å². The van der Waals surface area contributed by atoms with E-state index >= 15 is 0 Å². The number of ether oxygens (including phenoxy) is 1. The van der Waals surface area contributed by atoms with Crippen LogP contribution < -0.4 is 5.73 Å². The maximum absolute atomic E-state index is 6.00. The average molecular weight is 238 g/mol. The highest BCUT2D eigenvalue weighted by Gasteiger charge is 2.34. The maximum atomic E-state index is 6.00. The number of hydrogen-bond acceptors (Lipinski definition) is 3. The summed E-state index contributed by atoms with van der Waals surface area (Å²) < 4.78 is 5.18. The molecular formula is C14H26N2O. The lowest BCUT2D eigenvalue weighted by Crippen LogP contribution is -2.42. The van der Waals surface area contributed by atoms with Crippen LogP contribution in [-0.4, -0.2) is 44.8 Å². The summed E-state index contributed by atoms with van der Waals surface area (Å²) in [7, 11) is 1.77. The Morgan fingerprint density at radius 1 is 1.41 bits per heavy atom. The second kappa shape index (κ2) is 5.98. The van der Waals surface area contributed by atoms with E-state index in [2.05, 4.69) is 11.0 Å². The van der Waals surface area contributed by atoms with Gasteiger partial charge in [0.2, 0.25) is 0 Å². The third kappa shape index (κ3) is 3.30. The van der Waals surface area contributed by atoms with E-state index in [9.17, 15) is 0 Å². The molecular weight excluding hydrogens is 212 g/mol. The summed E-state index contributed by atoms with van der Waals surface area (Å²) in [6.45, 7) is 5.12. The SMILES string of the molecule is COCC1=CCN(CC2(CN)CCCC2)CC1. The van der Waals surface area contributed by atoms with Crippen molar-refractivity contribution in [2.24, 2.45) is 11.1 Å². The van der Waals surface area contributed by atoms with Crippen molar-refractivity contribution >= 4 is 0 Å². The Morgan fingerprint density at radius 2 is 2.18 bits per heavy atom. The molecule has 0 aromatic rings. The standard InChI is InChI=1S/C14H26N2O/c1-17-10-13-4-8-16(9-5-13)12-14(11-15)6-2-3-7-14/h4H,2-3,5-12,15H2,1H3. The molecule has 0 saturated heterocycles. The Hall–Kier alpha value is -0.380. The molecule has 3 nitrogen and oxygen atoms in total. The summed E-state index contributed by atoms with van der Waals surface area (Å²) in [5, 5.41) is 0. The van der Waals surface area contributed by atoms with Crippen LogP contribution in [0, 0.1) is 5.41 Å². The van der Waals surface area contributed by atoms with Crippen LogP contribution in [0.3, 0.4) is 0 Å². The van der Waals surface area contributed by atoms with Crippen molar-refractivity contribution in [3.05, 3.63) is 11.6 Å². The highest BCUT2D eigenvalue weighted by molar-refractivity contribution is 5.08. The topological polar surface area (TPSA) is 38.5 Å². The largest absolute Gasteiger partial charge is 0.380 e. The summed E-state index contributed by atoms with van der Waals surface area (Å²) in [6, 6.07) is 0. The van der Waals surface area contributed by atoms with E-state index in [1.165, 1.54) is 44.3 Å². The third-order valence-electron chi connectivity index (χ3n) is 4.37. The van der Waals surface area contributed by atoms with E-state index in [1.807, 2.05) is 0 Å². The minimum Gasteiger partial charge on any atom is -0.380 e. The smallest absolute Gasteiger partial charge is 0.0673 e. The molecule has 2 N–H and O–H groups in total. The van der Waals surface area contributed by atoms with Crippen LogP contribution in [-0.2, 0) is 4.74 Å². The van der Waals surface area contributed by atoms with Gasteiger partial charge >= 0.3 is 0 Å². The first kappa shape index (κ1) is 13.1. The van der Waals surface area contributed by atoms with Gasteiger partial charge in [-0.3, -0.25) is 4.90 Å². The lowest BCUT2D eigenvalue weighted by molar-refractivity contribution is 0.159. The first-order chi connectivity index (χ1) is 8.28. The van der Waals surface area contributed by atoms with Gasteiger partial charge in [-0.05, 0) is 36.8 Å². The Balaban J connectivity index is 1.84. The number of nitrogens with two attached hydrogens (primary N) is 1. The molecule has 0 bridgehead atoms. The lowest BCUT2D eigenvalue weighted by atomic mass is 9.85. The van der Waals surface area contributed by atoms with Crippen molar-refractivity contribution < 1.29 is 4.74 Å². The molecule has 0 atom stereocenters. The summed E-state index contributed by atoms with van der Waals surface area (Å²) in [5.74, 6) is 0. The van der Waals surface area contributed by atoms with Crippen LogP contribution in [0.2, 0.25) is 0 Å². The molecule has 1 aliphatic carbocycles. The van der Waals surface area contributed by atoms with Crippen LogP contribution in [0.25, 0.3) is 0 Å². The van der Waals surface area contributed by atoms with Crippen molar-refractivity contribution in [3.63, 3.8) is 0 Å². The zero-order valence-electron chi connectivity index (χ0n) is 11.1. The van der Waals surface area contributed by atoms with E-state index in [0.717, 1.165) is 26.1 Å². The average Bonchev–Trinajstić information content (AvgIpc) is 2.81. The zero-order chi connectivity index (χ0) is 12.1. The van der Waals surface area contributed by atoms with Crippen molar-refractivity contribution in [2.75, 3.05) is 39.9 Å². The molecule has 17 heavy (non-hydrogen) atoms. The molecule has 1 heterocycles. The van der Waals surface area contributed by atoms with Gasteiger partial charge in [-0.2, -0.15) is 0 Å². The van der Waals surface area contributed by atoms with Gasteiger partial charge in [-0.15, -0.1) is 0 Å². The van der Waals surface area contributed by atoms with Gasteiger partial charge in [0.15, 0.2) is 0 Å². The molecule has 0 aromatic carbocycles. The fraction of sp³-hybridized carbons (Fsp3) is 0.857. The number of nitrogens with zero attached hydrogens (tertiary/aromatic N) is 1. The highest BCUT2D eigenvalue weighted by Crippen LogP contribution is 2.38. The summed E-state index contributed by atoms with van der Waals surface area (Å²) in [4.78, 5) is 2.57. The molecule has 0 aromatic heterocycles. The van der Waals surface area contributed by atoms with E-state index in [-0.39, 0.29) is 0 Å². The van der Waals surface area contributed by atoms with Crippen molar-refractivity contribution in [1.82, 2.24) is 4.90 Å². The van der Waals surface area contributed by atoms with Crippen molar-refractivity contribution in [3.8, 4) is 0 Å². The summed E-state index contributed by atoms with van der Waals surface area (Å²) in [6.07, 6.45) is 8.90. The van der Waals surface area contributed by atoms with E-state index in [1.54, 1.807) is 7.11 Å².